The Morgan fingerprint density at radius 3 is 2.41 bits per heavy atom. The number of nitrogens with one attached hydrogen (secondary N) is 2. The highest BCUT2D eigenvalue weighted by Gasteiger charge is 2.08. The van der Waals surface area contributed by atoms with Crippen LogP contribution in [-0.4, -0.2) is 24.9 Å². The molecule has 0 aliphatic rings. The minimum Gasteiger partial charge on any atom is -0.369 e. The van der Waals surface area contributed by atoms with E-state index < -0.39 is 10.0 Å². The van der Waals surface area contributed by atoms with E-state index in [-0.39, 0.29) is 4.90 Å². The number of anilines is 3. The zero-order valence-corrected chi connectivity index (χ0v) is 16.7. The molecular weight excluding hydrogens is 430 g/mol. The van der Waals surface area contributed by atoms with Gasteiger partial charge in [0.05, 0.1) is 9.37 Å². The molecule has 0 aliphatic heterocycles. The fourth-order valence-electron chi connectivity index (χ4n) is 2.38. The minimum atomic E-state index is -3.71. The summed E-state index contributed by atoms with van der Waals surface area (Å²) in [6.45, 7) is 0.724. The molecule has 0 saturated heterocycles. The normalized spacial score (nSPS) is 11.2. The Labute approximate surface area is 166 Å². The van der Waals surface area contributed by atoms with Gasteiger partial charge >= 0.3 is 0 Å². The van der Waals surface area contributed by atoms with Crippen molar-refractivity contribution < 1.29 is 8.42 Å². The number of benzene rings is 2. The van der Waals surface area contributed by atoms with Gasteiger partial charge in [0.15, 0.2) is 0 Å². The summed E-state index contributed by atoms with van der Waals surface area (Å²) < 4.78 is 23.4. The van der Waals surface area contributed by atoms with E-state index in [4.69, 9.17) is 5.14 Å². The van der Waals surface area contributed by atoms with Crippen LogP contribution in [0.25, 0.3) is 0 Å². The van der Waals surface area contributed by atoms with Gasteiger partial charge in [-0.25, -0.2) is 18.5 Å². The molecular formula is C18H18BrN5O2S. The van der Waals surface area contributed by atoms with Crippen LogP contribution in [0.1, 0.15) is 5.56 Å². The Morgan fingerprint density at radius 2 is 1.74 bits per heavy atom. The van der Waals surface area contributed by atoms with Gasteiger partial charge in [-0.2, -0.15) is 4.98 Å². The highest BCUT2D eigenvalue weighted by molar-refractivity contribution is 9.10. The number of aromatic nitrogens is 2. The lowest BCUT2D eigenvalue weighted by Crippen LogP contribution is -2.12. The van der Waals surface area contributed by atoms with E-state index in [1.165, 1.54) is 17.7 Å². The first-order chi connectivity index (χ1) is 12.9. The number of nitrogens with zero attached hydrogens (tertiary/aromatic N) is 2. The van der Waals surface area contributed by atoms with E-state index >= 15 is 0 Å². The van der Waals surface area contributed by atoms with E-state index in [1.807, 2.05) is 18.2 Å². The van der Waals surface area contributed by atoms with Crippen LogP contribution in [0.5, 0.6) is 0 Å². The molecule has 0 amide bonds. The second-order valence-electron chi connectivity index (χ2n) is 5.75. The van der Waals surface area contributed by atoms with Gasteiger partial charge in [0.25, 0.3) is 0 Å². The average Bonchev–Trinajstić information content (AvgIpc) is 2.65. The smallest absolute Gasteiger partial charge is 0.238 e. The number of primary sulfonamides is 1. The number of sulfonamides is 1. The van der Waals surface area contributed by atoms with Gasteiger partial charge in [0, 0.05) is 18.4 Å². The van der Waals surface area contributed by atoms with Gasteiger partial charge in [-0.3, -0.25) is 0 Å². The van der Waals surface area contributed by atoms with Crippen molar-refractivity contribution in [1.29, 1.82) is 0 Å². The lowest BCUT2D eigenvalue weighted by atomic mass is 10.1. The number of rotatable bonds is 7. The fraction of sp³-hybridized carbons (Fsp3) is 0.111. The van der Waals surface area contributed by atoms with Crippen LogP contribution in [0.3, 0.4) is 0 Å². The molecule has 1 heterocycles. The summed E-state index contributed by atoms with van der Waals surface area (Å²) in [5, 5.41) is 11.4. The third-order valence-corrected chi connectivity index (χ3v) is 5.24. The van der Waals surface area contributed by atoms with Gasteiger partial charge < -0.3 is 10.6 Å². The SMILES string of the molecule is NS(=O)(=O)c1ccc(Nc2ncc(Br)c(NCCc3ccccc3)n2)cc1. The molecule has 2 aromatic carbocycles. The molecule has 0 fully saturated rings. The summed E-state index contributed by atoms with van der Waals surface area (Å²) in [4.78, 5) is 8.72. The van der Waals surface area contributed by atoms with E-state index in [9.17, 15) is 8.42 Å². The summed E-state index contributed by atoms with van der Waals surface area (Å²) >= 11 is 3.44. The second kappa shape index (κ2) is 8.47. The molecule has 1 aromatic heterocycles. The number of hydrogen-bond acceptors (Lipinski definition) is 6. The van der Waals surface area contributed by atoms with Crippen LogP contribution < -0.4 is 15.8 Å². The Kier molecular flexibility index (Phi) is 6.04. The van der Waals surface area contributed by atoms with E-state index in [0.717, 1.165) is 17.4 Å². The average molecular weight is 448 g/mol. The Balaban J connectivity index is 1.66. The first kappa shape index (κ1) is 19.3. The van der Waals surface area contributed by atoms with Crippen LogP contribution in [0, 0.1) is 0 Å². The topological polar surface area (TPSA) is 110 Å². The van der Waals surface area contributed by atoms with E-state index in [0.29, 0.717) is 17.5 Å². The molecule has 0 spiro atoms. The van der Waals surface area contributed by atoms with Crippen molar-refractivity contribution in [3.05, 3.63) is 70.8 Å². The van der Waals surface area contributed by atoms with Crippen molar-refractivity contribution >= 4 is 43.4 Å². The molecule has 27 heavy (non-hydrogen) atoms. The summed E-state index contributed by atoms with van der Waals surface area (Å²) in [6.07, 6.45) is 2.52. The van der Waals surface area contributed by atoms with Crippen molar-refractivity contribution in [2.75, 3.05) is 17.2 Å². The fourth-order valence-corrected chi connectivity index (χ4v) is 3.22. The van der Waals surface area contributed by atoms with Crippen molar-refractivity contribution in [3.8, 4) is 0 Å². The van der Waals surface area contributed by atoms with Gasteiger partial charge in [-0.1, -0.05) is 30.3 Å². The third-order valence-electron chi connectivity index (χ3n) is 3.73. The van der Waals surface area contributed by atoms with E-state index in [1.54, 1.807) is 18.3 Å². The molecule has 0 saturated carbocycles. The Hall–Kier alpha value is -2.49. The van der Waals surface area contributed by atoms with Crippen LogP contribution in [-0.2, 0) is 16.4 Å². The summed E-state index contributed by atoms with van der Waals surface area (Å²) in [7, 11) is -3.71. The largest absolute Gasteiger partial charge is 0.369 e. The Bertz CT molecular complexity index is 1010. The number of hydrogen-bond donors (Lipinski definition) is 3. The summed E-state index contributed by atoms with van der Waals surface area (Å²) in [5.41, 5.74) is 1.89. The standard InChI is InChI=1S/C18H18BrN5O2S/c19-16-12-22-18(23-14-6-8-15(9-7-14)27(20,25)26)24-17(16)21-11-10-13-4-2-1-3-5-13/h1-9,12H,10-11H2,(H2,20,25,26)(H2,21,22,23,24). The zero-order chi connectivity index (χ0) is 19.3. The van der Waals surface area contributed by atoms with Gasteiger partial charge in [-0.05, 0) is 52.2 Å². The molecule has 7 nitrogen and oxygen atoms in total. The summed E-state index contributed by atoms with van der Waals surface area (Å²) in [6, 6.07) is 16.2. The third kappa shape index (κ3) is 5.49. The number of halogens is 1. The molecule has 0 unspecified atom stereocenters. The predicted octanol–water partition coefficient (Wildman–Crippen LogP) is 3.28. The quantitative estimate of drug-likeness (QED) is 0.512. The first-order valence-electron chi connectivity index (χ1n) is 8.12. The van der Waals surface area contributed by atoms with E-state index in [2.05, 4.69) is 48.7 Å². The number of nitrogens with two attached hydrogens (primary N) is 1. The molecule has 140 valence electrons. The van der Waals surface area contributed by atoms with Gasteiger partial charge in [0.2, 0.25) is 16.0 Å². The van der Waals surface area contributed by atoms with Crippen molar-refractivity contribution in [2.45, 2.75) is 11.3 Å². The maximum atomic E-state index is 11.3. The van der Waals surface area contributed by atoms with Crippen molar-refractivity contribution in [3.63, 3.8) is 0 Å². The monoisotopic (exact) mass is 447 g/mol. The highest BCUT2D eigenvalue weighted by atomic mass is 79.9. The maximum absolute atomic E-state index is 11.3. The molecule has 3 aromatic rings. The van der Waals surface area contributed by atoms with Crippen molar-refractivity contribution in [1.82, 2.24) is 9.97 Å². The Morgan fingerprint density at radius 1 is 1.04 bits per heavy atom. The lowest BCUT2D eigenvalue weighted by molar-refractivity contribution is 0.598. The van der Waals surface area contributed by atoms with Gasteiger partial charge in [-0.15, -0.1) is 0 Å². The van der Waals surface area contributed by atoms with Gasteiger partial charge in [0.1, 0.15) is 5.82 Å². The molecule has 0 bridgehead atoms. The molecule has 3 rings (SSSR count). The first-order valence-corrected chi connectivity index (χ1v) is 10.5. The molecule has 0 aliphatic carbocycles. The van der Waals surface area contributed by atoms with Crippen LogP contribution >= 0.6 is 15.9 Å². The van der Waals surface area contributed by atoms with Crippen molar-refractivity contribution in [2.24, 2.45) is 5.14 Å². The zero-order valence-electron chi connectivity index (χ0n) is 14.3. The molecule has 4 N–H and O–H groups in total. The molecule has 0 atom stereocenters. The highest BCUT2D eigenvalue weighted by Crippen LogP contribution is 2.22. The van der Waals surface area contributed by atoms with Crippen LogP contribution in [0.15, 0.2) is 70.2 Å². The lowest BCUT2D eigenvalue weighted by Gasteiger charge is -2.10. The van der Waals surface area contributed by atoms with Crippen LogP contribution in [0.4, 0.5) is 17.5 Å². The van der Waals surface area contributed by atoms with Crippen LogP contribution in [0.2, 0.25) is 0 Å². The maximum Gasteiger partial charge on any atom is 0.238 e. The molecule has 0 radical (unpaired) electrons. The minimum absolute atomic E-state index is 0.0491. The predicted molar refractivity (Wildman–Crippen MR) is 109 cm³/mol. The summed E-state index contributed by atoms with van der Waals surface area (Å²) in [5.74, 6) is 1.06. The molecule has 9 heteroatoms. The second-order valence-corrected chi connectivity index (χ2v) is 8.16.